The predicted octanol–water partition coefficient (Wildman–Crippen LogP) is 18.5. The fourth-order valence-corrected chi connectivity index (χ4v) is 9.81. The van der Waals surface area contributed by atoms with E-state index in [-0.39, 0.29) is 29.7 Å². The van der Waals surface area contributed by atoms with E-state index < -0.39 is 26.4 Å². The van der Waals surface area contributed by atoms with Crippen LogP contribution in [0.1, 0.15) is 118 Å². The molecule has 4 nitrogen and oxygen atoms in total. The highest BCUT2D eigenvalue weighted by atomic mass is 14.9. The molecular weight excluding hydrogens is 981 g/mol. The third kappa shape index (κ3) is 16.7. The number of rotatable bonds is 8. The molecule has 0 spiro atoms. The lowest BCUT2D eigenvalue weighted by molar-refractivity contribution is -0.661. The van der Waals surface area contributed by atoms with Gasteiger partial charge in [0.2, 0.25) is 22.8 Å². The van der Waals surface area contributed by atoms with Gasteiger partial charge in [-0.05, 0) is 155 Å². The Morgan fingerprint density at radius 2 is 0.679 bits per heavy atom. The van der Waals surface area contributed by atoms with Gasteiger partial charge in [0.25, 0.3) is 0 Å². The van der Waals surface area contributed by atoms with Crippen LogP contribution in [0.2, 0.25) is 0 Å². The van der Waals surface area contributed by atoms with Crippen LogP contribution in [0.3, 0.4) is 0 Å². The Hall–Kier alpha value is -8.08. The van der Waals surface area contributed by atoms with Crippen molar-refractivity contribution >= 4 is 0 Å². The van der Waals surface area contributed by atoms with Gasteiger partial charge in [0, 0.05) is 82.5 Å². The van der Waals surface area contributed by atoms with E-state index in [9.17, 15) is 0 Å². The minimum Gasteiger partial charge on any atom is -0.201 e. The number of hydrogen-bond donors (Lipinski definition) is 0. The topological polar surface area (TPSA) is 15.5 Å². The van der Waals surface area contributed by atoms with Crippen LogP contribution in [0, 0.1) is 62.2 Å². The maximum Gasteiger partial charge on any atom is 0.212 e. The van der Waals surface area contributed by atoms with Crippen molar-refractivity contribution in [3.8, 4) is 67.3 Å². The molecule has 6 aromatic carbocycles. The second-order valence-electron chi connectivity index (χ2n) is 19.9. The van der Waals surface area contributed by atoms with Crippen LogP contribution in [0.4, 0.5) is 0 Å². The molecule has 4 heterocycles. The molecular formula is C77H98N4+4. The van der Waals surface area contributed by atoms with Gasteiger partial charge in [0.05, 0.1) is 0 Å². The summed E-state index contributed by atoms with van der Waals surface area (Å²) < 4.78 is 84.6. The Morgan fingerprint density at radius 1 is 0.321 bits per heavy atom. The number of pyridine rings is 4. The van der Waals surface area contributed by atoms with Crippen LogP contribution in [-0.2, 0) is 40.9 Å². The first kappa shape index (κ1) is 52.3. The summed E-state index contributed by atoms with van der Waals surface area (Å²) in [7, 11) is 7.98. The number of aryl methyl sites for hydroxylation is 15. The molecule has 0 unspecified atom stereocenters. The average molecular weight is 1090 g/mol. The maximum atomic E-state index is 7.88. The van der Waals surface area contributed by atoms with E-state index in [0.717, 1.165) is 50.5 Å². The Kier molecular flexibility index (Phi) is 20.1. The molecule has 0 amide bonds. The number of nitrogens with zero attached hydrogens (tertiary/aromatic N) is 4. The van der Waals surface area contributed by atoms with E-state index in [1.54, 1.807) is 43.5 Å². The maximum absolute atomic E-state index is 7.88. The molecule has 422 valence electrons. The molecule has 0 saturated heterocycles. The molecule has 0 aliphatic carbocycles. The van der Waals surface area contributed by atoms with Crippen LogP contribution >= 0.6 is 0 Å². The third-order valence-corrected chi connectivity index (χ3v) is 14.2. The first-order valence-corrected chi connectivity index (χ1v) is 26.2. The summed E-state index contributed by atoms with van der Waals surface area (Å²) >= 11 is 0. The summed E-state index contributed by atoms with van der Waals surface area (Å²) in [6.07, 6.45) is 5.33. The Balaban J connectivity index is 0.000000314. The largest absolute Gasteiger partial charge is 0.212 e. The van der Waals surface area contributed by atoms with Gasteiger partial charge in [-0.25, -0.2) is 18.3 Å². The van der Waals surface area contributed by atoms with Gasteiger partial charge >= 0.3 is 0 Å². The van der Waals surface area contributed by atoms with E-state index in [0.29, 0.717) is 16.7 Å². The predicted molar refractivity (Wildman–Crippen MR) is 351 cm³/mol. The molecule has 0 aliphatic rings. The van der Waals surface area contributed by atoms with Crippen molar-refractivity contribution in [3.63, 3.8) is 0 Å². The standard InChI is InChI=1S/C21H22N.C20H20N.2C16H20N.4CH4/c1-15-10-11-19(16(2)12-15)21-13-17(3)20(14-22(21)4)18-8-6-5-7-9-18;1-15-9-7-8-12-18(15)20-13-16(2)19(14-21(20)3)17-10-5-4-6-11-17;1-5-14-7-9-16(17(4)11-14)15-8-6-12(2)10-13(15)3;1-5-14-11-17(4)16(10-13(14)3)15-9-7-6-8-12(15)2;;;;/h5-14H,1-4H3;4-14H,1-3H3;2*6-11H,5H2,1-4H3;4*1H4/q4*+1;;;;/i1D3;;2D3,5D2;5D2;;;;. The highest BCUT2D eigenvalue weighted by Gasteiger charge is 2.19. The van der Waals surface area contributed by atoms with Gasteiger partial charge in [-0.1, -0.05) is 176 Å². The van der Waals surface area contributed by atoms with Crippen LogP contribution in [0.15, 0.2) is 201 Å². The Labute approximate surface area is 505 Å². The monoisotopic (exact) mass is 1090 g/mol. The number of hydrogen-bond acceptors (Lipinski definition) is 0. The van der Waals surface area contributed by atoms with Crippen molar-refractivity contribution in [1.82, 2.24) is 0 Å². The van der Waals surface area contributed by atoms with Crippen molar-refractivity contribution < 1.29 is 32.0 Å². The van der Waals surface area contributed by atoms with E-state index >= 15 is 0 Å². The number of benzene rings is 6. The summed E-state index contributed by atoms with van der Waals surface area (Å²) in [6, 6.07) is 58.3. The molecule has 81 heavy (non-hydrogen) atoms. The van der Waals surface area contributed by atoms with Gasteiger partial charge in [0.15, 0.2) is 24.8 Å². The summed E-state index contributed by atoms with van der Waals surface area (Å²) in [5.74, 6) is 0. The lowest BCUT2D eigenvalue weighted by Crippen LogP contribution is -2.32. The zero-order valence-corrected chi connectivity index (χ0v) is 47.3. The summed E-state index contributed by atoms with van der Waals surface area (Å²) in [6.45, 7) is 13.3. The molecule has 0 aliphatic heterocycles. The zero-order chi connectivity index (χ0) is 63.9. The quantitative estimate of drug-likeness (QED) is 0.135. The second-order valence-corrected chi connectivity index (χ2v) is 19.9. The van der Waals surface area contributed by atoms with Crippen LogP contribution in [0.5, 0.6) is 0 Å². The summed E-state index contributed by atoms with van der Waals surface area (Å²) in [5.41, 5.74) is 23.7. The number of aromatic nitrogens is 4. The third-order valence-electron chi connectivity index (χ3n) is 14.2. The van der Waals surface area contributed by atoms with Crippen LogP contribution in [-0.4, -0.2) is 0 Å². The van der Waals surface area contributed by atoms with Gasteiger partial charge in [-0.3, -0.25) is 0 Å². The Bertz CT molecular complexity index is 3990. The highest BCUT2D eigenvalue weighted by Crippen LogP contribution is 2.29. The van der Waals surface area contributed by atoms with E-state index in [4.69, 9.17) is 13.7 Å². The SMILES string of the molecule is C.C.C.C.Cc1cc(-c2ccccc2C)[n+](C)cc1-c1ccccc1.[2H]C([2H])(C)c1c[n+](C)c(-c2ccccc2C)cc1C.[2H]C([2H])([2H])c1ccc(-c2cc(C)c(-c3ccccc3)c[n+]2C)c(C)c1.[2H]C([2H])([2H])c1ccc(-c2ccc(C([2H])([2H])C)c[n+]2C)c(C)c1. The summed E-state index contributed by atoms with van der Waals surface area (Å²) in [4.78, 5) is 0. The van der Waals surface area contributed by atoms with Crippen molar-refractivity contribution in [3.05, 3.63) is 262 Å². The molecule has 4 heteroatoms. The zero-order valence-electron chi connectivity index (χ0n) is 57.3. The van der Waals surface area contributed by atoms with Crippen molar-refractivity contribution in [1.29, 1.82) is 0 Å². The molecule has 0 fully saturated rings. The average Bonchev–Trinajstić information content (AvgIpc) is 0.843. The van der Waals surface area contributed by atoms with Gasteiger partial charge in [-0.15, -0.1) is 0 Å². The first-order chi connectivity index (χ1) is 40.7. The van der Waals surface area contributed by atoms with Gasteiger partial charge in [0.1, 0.15) is 28.2 Å². The molecule has 10 aromatic rings. The van der Waals surface area contributed by atoms with E-state index in [2.05, 4.69) is 153 Å². The Morgan fingerprint density at radius 3 is 1.06 bits per heavy atom. The fraction of sp³-hybridized carbons (Fsp3) is 0.273. The van der Waals surface area contributed by atoms with E-state index in [1.807, 2.05) is 106 Å². The molecule has 0 atom stereocenters. The minimum atomic E-state index is -2.10. The van der Waals surface area contributed by atoms with Crippen molar-refractivity contribution in [2.24, 2.45) is 28.2 Å². The summed E-state index contributed by atoms with van der Waals surface area (Å²) in [5, 5.41) is 0. The normalized spacial score (nSPS) is 12.6. The molecule has 0 bridgehead atoms. The molecule has 4 aromatic heterocycles. The van der Waals surface area contributed by atoms with E-state index in [1.165, 1.54) is 68.3 Å². The molecule has 0 N–H and O–H groups in total. The lowest BCUT2D eigenvalue weighted by Gasteiger charge is -2.10. The van der Waals surface area contributed by atoms with Gasteiger partial charge in [-0.2, -0.15) is 0 Å². The van der Waals surface area contributed by atoms with Crippen molar-refractivity contribution in [2.75, 3.05) is 0 Å². The molecule has 10 rings (SSSR count). The second kappa shape index (κ2) is 31.1. The highest BCUT2D eigenvalue weighted by molar-refractivity contribution is 5.71. The van der Waals surface area contributed by atoms with Crippen molar-refractivity contribution in [2.45, 2.75) is 118 Å². The smallest absolute Gasteiger partial charge is 0.201 e. The fourth-order valence-electron chi connectivity index (χ4n) is 9.81. The van der Waals surface area contributed by atoms with Crippen LogP contribution < -0.4 is 18.3 Å². The minimum absolute atomic E-state index is 0. The lowest BCUT2D eigenvalue weighted by atomic mass is 9.97. The first-order valence-electron chi connectivity index (χ1n) is 31.2. The molecule has 0 radical (unpaired) electrons. The van der Waals surface area contributed by atoms with Gasteiger partial charge < -0.3 is 0 Å². The molecule has 0 saturated carbocycles. The van der Waals surface area contributed by atoms with Crippen LogP contribution in [0.25, 0.3) is 67.3 Å².